The van der Waals surface area contributed by atoms with Crippen LogP contribution in [0.5, 0.6) is 5.75 Å². The lowest BCUT2D eigenvalue weighted by Crippen LogP contribution is -2.50. The van der Waals surface area contributed by atoms with Gasteiger partial charge in [-0.05, 0) is 68.3 Å². The number of urea groups is 1. The number of rotatable bonds is 6. The highest BCUT2D eigenvalue weighted by molar-refractivity contribution is 6.01. The van der Waals surface area contributed by atoms with Crippen LogP contribution in [0.2, 0.25) is 0 Å². The fraction of sp³-hybridized carbons (Fsp3) is 0.417. The molecule has 0 fully saturated rings. The van der Waals surface area contributed by atoms with Crippen LogP contribution in [0, 0.1) is 0 Å². The van der Waals surface area contributed by atoms with Crippen LogP contribution in [0.15, 0.2) is 53.7 Å². The molecule has 0 bridgehead atoms. The maximum absolute atomic E-state index is 13.1. The summed E-state index contributed by atoms with van der Waals surface area (Å²) < 4.78 is 44.6. The number of methoxy groups -OCH3 is 1. The van der Waals surface area contributed by atoms with E-state index in [9.17, 15) is 18.0 Å². The van der Waals surface area contributed by atoms with Gasteiger partial charge < -0.3 is 19.8 Å². The quantitative estimate of drug-likeness (QED) is 0.639. The number of nitrogens with one attached hydrogen (secondary N) is 1. The van der Waals surface area contributed by atoms with E-state index >= 15 is 0 Å². The molecule has 0 radical (unpaired) electrons. The monoisotopic (exact) mass is 463 g/mol. The van der Waals surface area contributed by atoms with E-state index in [1.54, 1.807) is 13.2 Å². The molecule has 178 valence electrons. The Morgan fingerprint density at radius 3 is 2.48 bits per heavy atom. The molecule has 2 aromatic rings. The fourth-order valence-corrected chi connectivity index (χ4v) is 3.41. The molecule has 0 unspecified atom stereocenters. The van der Waals surface area contributed by atoms with Crippen molar-refractivity contribution in [2.75, 3.05) is 13.7 Å². The molecule has 1 aliphatic rings. The largest absolute Gasteiger partial charge is 0.497 e. The van der Waals surface area contributed by atoms with Gasteiger partial charge >= 0.3 is 12.2 Å². The van der Waals surface area contributed by atoms with Crippen molar-refractivity contribution >= 4 is 11.7 Å². The molecule has 1 N–H and O–H groups in total. The van der Waals surface area contributed by atoms with E-state index in [1.807, 2.05) is 45.0 Å². The highest BCUT2D eigenvalue weighted by Crippen LogP contribution is 2.30. The van der Waals surface area contributed by atoms with Crippen molar-refractivity contribution in [3.63, 3.8) is 0 Å². The van der Waals surface area contributed by atoms with Crippen molar-refractivity contribution in [1.29, 1.82) is 0 Å². The second-order valence-electron chi connectivity index (χ2n) is 8.96. The summed E-state index contributed by atoms with van der Waals surface area (Å²) in [6.45, 7) is 5.68. The lowest BCUT2D eigenvalue weighted by Gasteiger charge is -2.30. The zero-order valence-electron chi connectivity index (χ0n) is 19.1. The van der Waals surface area contributed by atoms with Gasteiger partial charge in [0.1, 0.15) is 5.75 Å². The summed E-state index contributed by atoms with van der Waals surface area (Å²) in [5.41, 5.74) is 0.728. The number of carbonyl (C=O) groups is 1. The Balaban J connectivity index is 1.73. The number of halogens is 3. The van der Waals surface area contributed by atoms with Crippen molar-refractivity contribution in [1.82, 2.24) is 10.2 Å². The molecule has 1 aliphatic heterocycles. The molecule has 0 aromatic heterocycles. The summed E-state index contributed by atoms with van der Waals surface area (Å²) in [6.07, 6.45) is -4.41. The molecule has 1 atom stereocenters. The highest BCUT2D eigenvalue weighted by atomic mass is 19.4. The van der Waals surface area contributed by atoms with Crippen LogP contribution in [0.25, 0.3) is 0 Å². The second kappa shape index (κ2) is 9.72. The van der Waals surface area contributed by atoms with Gasteiger partial charge in [0.05, 0.1) is 24.9 Å². The van der Waals surface area contributed by atoms with E-state index in [-0.39, 0.29) is 19.1 Å². The lowest BCUT2D eigenvalue weighted by molar-refractivity contribution is -0.137. The number of carbonyl (C=O) groups excluding carboxylic acids is 1. The maximum atomic E-state index is 13.1. The molecule has 0 saturated heterocycles. The molecule has 0 aliphatic carbocycles. The van der Waals surface area contributed by atoms with Crippen molar-refractivity contribution < 1.29 is 27.5 Å². The fourth-order valence-electron chi connectivity index (χ4n) is 3.41. The number of hydrogen-bond acceptors (Lipinski definition) is 4. The first-order valence-corrected chi connectivity index (χ1v) is 10.5. The molecular formula is C24H28F3N3O3. The van der Waals surface area contributed by atoms with Crippen molar-refractivity contribution in [2.24, 2.45) is 5.16 Å². The van der Waals surface area contributed by atoms with E-state index in [0.29, 0.717) is 12.0 Å². The van der Waals surface area contributed by atoms with Crippen LogP contribution in [0.4, 0.5) is 18.0 Å². The molecule has 0 spiro atoms. The minimum absolute atomic E-state index is 0.00353. The predicted molar refractivity (Wildman–Crippen MR) is 119 cm³/mol. The second-order valence-corrected chi connectivity index (χ2v) is 8.96. The van der Waals surface area contributed by atoms with Gasteiger partial charge in [-0.1, -0.05) is 17.3 Å². The molecule has 3 rings (SSSR count). The molecule has 2 aromatic carbocycles. The summed E-state index contributed by atoms with van der Waals surface area (Å²) in [4.78, 5) is 20.0. The van der Waals surface area contributed by atoms with Gasteiger partial charge in [0.2, 0.25) is 0 Å². The van der Waals surface area contributed by atoms with E-state index in [1.165, 1.54) is 11.0 Å². The van der Waals surface area contributed by atoms with Gasteiger partial charge in [0, 0.05) is 18.5 Å². The first kappa shape index (κ1) is 24.4. The molecule has 6 nitrogen and oxygen atoms in total. The topological polar surface area (TPSA) is 63.2 Å². The summed E-state index contributed by atoms with van der Waals surface area (Å²) in [5.74, 6) is 0.723. The molecular weight excluding hydrogens is 435 g/mol. The van der Waals surface area contributed by atoms with E-state index in [2.05, 4.69) is 10.5 Å². The van der Waals surface area contributed by atoms with Crippen LogP contribution in [0.1, 0.15) is 43.9 Å². The smallest absolute Gasteiger partial charge is 0.416 e. The molecule has 2 amide bonds. The van der Waals surface area contributed by atoms with Crippen molar-refractivity contribution in [3.8, 4) is 5.75 Å². The number of ether oxygens (including phenoxy) is 1. The summed E-state index contributed by atoms with van der Waals surface area (Å²) in [5, 5.41) is 7.02. The van der Waals surface area contributed by atoms with Crippen LogP contribution < -0.4 is 10.1 Å². The standard InChI is InChI=1S/C24H28F3N3O3/c1-23(2,3)28-22(31)30(14-16-6-5-7-18(12-16)24(25,26)27)15-20-13-21(29-33-20)17-8-10-19(32-4)11-9-17/h5-12,20H,13-15H2,1-4H3,(H,28,31)/t20-/m0/s1. The first-order valence-electron chi connectivity index (χ1n) is 10.5. The molecule has 9 heteroatoms. The number of nitrogens with zero attached hydrogens (tertiary/aromatic N) is 2. The minimum atomic E-state index is -4.45. The molecule has 33 heavy (non-hydrogen) atoms. The highest BCUT2D eigenvalue weighted by Gasteiger charge is 2.32. The Kier molecular flexibility index (Phi) is 7.19. The van der Waals surface area contributed by atoms with Gasteiger partial charge in [0.15, 0.2) is 6.10 Å². The van der Waals surface area contributed by atoms with Crippen LogP contribution in [-0.2, 0) is 17.6 Å². The Bertz CT molecular complexity index is 998. The van der Waals surface area contributed by atoms with E-state index < -0.39 is 23.4 Å². The zero-order valence-corrected chi connectivity index (χ0v) is 19.1. The van der Waals surface area contributed by atoms with Gasteiger partial charge in [-0.15, -0.1) is 0 Å². The zero-order chi connectivity index (χ0) is 24.2. The van der Waals surface area contributed by atoms with Crippen LogP contribution in [0.3, 0.4) is 0 Å². The average molecular weight is 464 g/mol. The Morgan fingerprint density at radius 1 is 1.18 bits per heavy atom. The third-order valence-corrected chi connectivity index (χ3v) is 4.98. The van der Waals surface area contributed by atoms with E-state index in [4.69, 9.17) is 9.57 Å². The number of amides is 2. The normalized spacial score (nSPS) is 16.1. The molecule has 1 heterocycles. The Hall–Kier alpha value is -3.23. The number of hydrogen-bond donors (Lipinski definition) is 1. The minimum Gasteiger partial charge on any atom is -0.497 e. The first-order chi connectivity index (χ1) is 15.4. The Labute approximate surface area is 191 Å². The predicted octanol–water partition coefficient (Wildman–Crippen LogP) is 5.22. The lowest BCUT2D eigenvalue weighted by atomic mass is 10.0. The third kappa shape index (κ3) is 6.87. The third-order valence-electron chi connectivity index (χ3n) is 4.98. The number of alkyl halides is 3. The summed E-state index contributed by atoms with van der Waals surface area (Å²) in [6, 6.07) is 12.0. The molecule has 0 saturated carbocycles. The van der Waals surface area contributed by atoms with Gasteiger partial charge in [-0.3, -0.25) is 0 Å². The summed E-state index contributed by atoms with van der Waals surface area (Å²) >= 11 is 0. The van der Waals surface area contributed by atoms with Crippen LogP contribution >= 0.6 is 0 Å². The van der Waals surface area contributed by atoms with Gasteiger partial charge in [-0.2, -0.15) is 13.2 Å². The van der Waals surface area contributed by atoms with Crippen molar-refractivity contribution in [2.45, 2.75) is 51.6 Å². The van der Waals surface area contributed by atoms with Crippen molar-refractivity contribution in [3.05, 3.63) is 65.2 Å². The van der Waals surface area contributed by atoms with E-state index in [0.717, 1.165) is 29.2 Å². The van der Waals surface area contributed by atoms with Gasteiger partial charge in [-0.25, -0.2) is 4.79 Å². The number of benzene rings is 2. The van der Waals surface area contributed by atoms with Gasteiger partial charge in [0.25, 0.3) is 0 Å². The SMILES string of the molecule is COc1ccc(C2=NO[C@H](CN(Cc3cccc(C(F)(F)F)c3)C(=O)NC(C)(C)C)C2)cc1. The maximum Gasteiger partial charge on any atom is 0.416 e. The average Bonchev–Trinajstić information content (AvgIpc) is 3.20. The summed E-state index contributed by atoms with van der Waals surface area (Å²) in [7, 11) is 1.59. The Morgan fingerprint density at radius 2 is 1.88 bits per heavy atom. The number of oxime groups is 1. The van der Waals surface area contributed by atoms with Crippen LogP contribution in [-0.4, -0.2) is 41.9 Å².